The van der Waals surface area contributed by atoms with E-state index in [1.54, 1.807) is 0 Å². The molecule has 0 bridgehead atoms. The quantitative estimate of drug-likeness (QED) is 0.774. The van der Waals surface area contributed by atoms with E-state index in [4.69, 9.17) is 10.2 Å². The van der Waals surface area contributed by atoms with Crippen molar-refractivity contribution in [2.24, 2.45) is 11.8 Å². The minimum Gasteiger partial charge on any atom is -0.465 e. The number of carbonyl (C=O) groups is 1. The van der Waals surface area contributed by atoms with Gasteiger partial charge in [-0.3, -0.25) is 0 Å². The van der Waals surface area contributed by atoms with Crippen LogP contribution in [0.1, 0.15) is 38.5 Å². The van der Waals surface area contributed by atoms with Crippen molar-refractivity contribution in [1.82, 2.24) is 4.90 Å². The minimum absolute atomic E-state index is 0.0343. The minimum atomic E-state index is -0.882. The van der Waals surface area contributed by atoms with E-state index in [-0.39, 0.29) is 12.6 Å². The Morgan fingerprint density at radius 3 is 2.44 bits per heavy atom. The van der Waals surface area contributed by atoms with Crippen molar-refractivity contribution < 1.29 is 15.0 Å². The molecule has 4 nitrogen and oxygen atoms in total. The lowest BCUT2D eigenvalue weighted by molar-refractivity contribution is 0.118. The first-order chi connectivity index (χ1) is 7.70. The molecule has 0 radical (unpaired) electrons. The SMILES string of the molecule is O=C(O)N1CC(CC2CCCC2)C[C@H]1CO. The molecular weight excluding hydrogens is 206 g/mol. The van der Waals surface area contributed by atoms with Crippen molar-refractivity contribution in [3.05, 3.63) is 0 Å². The van der Waals surface area contributed by atoms with Crippen LogP contribution in [0.3, 0.4) is 0 Å². The van der Waals surface area contributed by atoms with Crippen LogP contribution in [0.4, 0.5) is 4.79 Å². The molecule has 1 aliphatic carbocycles. The summed E-state index contributed by atoms with van der Waals surface area (Å²) in [5, 5.41) is 18.2. The van der Waals surface area contributed by atoms with Crippen LogP contribution < -0.4 is 0 Å². The summed E-state index contributed by atoms with van der Waals surface area (Å²) in [5.41, 5.74) is 0. The molecule has 0 spiro atoms. The second-order valence-corrected chi connectivity index (χ2v) is 5.26. The number of hydrogen-bond acceptors (Lipinski definition) is 2. The van der Waals surface area contributed by atoms with E-state index in [1.165, 1.54) is 30.6 Å². The van der Waals surface area contributed by atoms with E-state index >= 15 is 0 Å². The van der Waals surface area contributed by atoms with Gasteiger partial charge in [0.15, 0.2) is 0 Å². The molecule has 2 N–H and O–H groups in total. The highest BCUT2D eigenvalue weighted by Gasteiger charge is 2.35. The van der Waals surface area contributed by atoms with Gasteiger partial charge in [0.25, 0.3) is 0 Å². The van der Waals surface area contributed by atoms with Gasteiger partial charge in [0.1, 0.15) is 0 Å². The third-order valence-corrected chi connectivity index (χ3v) is 4.10. The fourth-order valence-electron chi connectivity index (χ4n) is 3.31. The molecule has 1 heterocycles. The fraction of sp³-hybridized carbons (Fsp3) is 0.917. The Morgan fingerprint density at radius 2 is 1.94 bits per heavy atom. The molecular formula is C12H21NO3. The van der Waals surface area contributed by atoms with Gasteiger partial charge in [-0.25, -0.2) is 4.79 Å². The van der Waals surface area contributed by atoms with Crippen LogP contribution in [0.2, 0.25) is 0 Å². The first-order valence-corrected chi connectivity index (χ1v) is 6.31. The zero-order valence-corrected chi connectivity index (χ0v) is 9.64. The molecule has 1 saturated carbocycles. The topological polar surface area (TPSA) is 60.8 Å². The lowest BCUT2D eigenvalue weighted by Crippen LogP contribution is -2.36. The van der Waals surface area contributed by atoms with Gasteiger partial charge >= 0.3 is 6.09 Å². The van der Waals surface area contributed by atoms with Gasteiger partial charge in [0.2, 0.25) is 0 Å². The van der Waals surface area contributed by atoms with Gasteiger partial charge in [0, 0.05) is 6.54 Å². The predicted octanol–water partition coefficient (Wildman–Crippen LogP) is 1.93. The Hall–Kier alpha value is -0.770. The van der Waals surface area contributed by atoms with E-state index in [9.17, 15) is 4.79 Å². The number of rotatable bonds is 3. The van der Waals surface area contributed by atoms with Gasteiger partial charge in [-0.05, 0) is 24.7 Å². The highest BCUT2D eigenvalue weighted by Crippen LogP contribution is 2.35. The Kier molecular flexibility index (Phi) is 3.69. The van der Waals surface area contributed by atoms with Crippen molar-refractivity contribution in [3.8, 4) is 0 Å². The lowest BCUT2D eigenvalue weighted by Gasteiger charge is -2.18. The summed E-state index contributed by atoms with van der Waals surface area (Å²) >= 11 is 0. The second-order valence-electron chi connectivity index (χ2n) is 5.26. The number of amides is 1. The highest BCUT2D eigenvalue weighted by molar-refractivity contribution is 5.65. The molecule has 2 aliphatic rings. The Labute approximate surface area is 96.3 Å². The third-order valence-electron chi connectivity index (χ3n) is 4.10. The van der Waals surface area contributed by atoms with Crippen molar-refractivity contribution in [2.45, 2.75) is 44.6 Å². The molecule has 2 atom stereocenters. The zero-order valence-electron chi connectivity index (χ0n) is 9.64. The number of aliphatic hydroxyl groups excluding tert-OH is 1. The van der Waals surface area contributed by atoms with Crippen LogP contribution in [0.15, 0.2) is 0 Å². The summed E-state index contributed by atoms with van der Waals surface area (Å²) in [6, 6.07) is -0.163. The van der Waals surface area contributed by atoms with Crippen LogP contribution in [-0.2, 0) is 0 Å². The number of nitrogens with zero attached hydrogens (tertiary/aromatic N) is 1. The van der Waals surface area contributed by atoms with Crippen LogP contribution >= 0.6 is 0 Å². The van der Waals surface area contributed by atoms with Gasteiger partial charge < -0.3 is 15.1 Å². The van der Waals surface area contributed by atoms with Crippen molar-refractivity contribution in [1.29, 1.82) is 0 Å². The maximum atomic E-state index is 11.0. The summed E-state index contributed by atoms with van der Waals surface area (Å²) < 4.78 is 0. The Bertz CT molecular complexity index is 251. The standard InChI is InChI=1S/C12H21NO3/c14-8-11-6-10(7-13(11)12(15)16)5-9-3-1-2-4-9/h9-11,14H,1-8H2,(H,15,16)/t10?,11-/m0/s1. The molecule has 1 aliphatic heterocycles. The van der Waals surface area contributed by atoms with Crippen LogP contribution in [0, 0.1) is 11.8 Å². The third kappa shape index (κ3) is 2.48. The predicted molar refractivity (Wildman–Crippen MR) is 60.3 cm³/mol. The summed E-state index contributed by atoms with van der Waals surface area (Å²) in [6.45, 7) is 0.588. The van der Waals surface area contributed by atoms with E-state index in [1.807, 2.05) is 0 Å². The molecule has 4 heteroatoms. The number of likely N-dealkylation sites (tertiary alicyclic amines) is 1. The van der Waals surface area contributed by atoms with E-state index in [0.717, 1.165) is 18.8 Å². The van der Waals surface area contributed by atoms with Gasteiger partial charge in [0.05, 0.1) is 12.6 Å². The maximum Gasteiger partial charge on any atom is 0.407 e. The number of aliphatic hydroxyl groups is 1. The van der Waals surface area contributed by atoms with Crippen LogP contribution in [0.25, 0.3) is 0 Å². The first-order valence-electron chi connectivity index (χ1n) is 6.31. The molecule has 2 fully saturated rings. The molecule has 16 heavy (non-hydrogen) atoms. The lowest BCUT2D eigenvalue weighted by atomic mass is 9.91. The summed E-state index contributed by atoms with van der Waals surface area (Å²) in [5.74, 6) is 1.27. The monoisotopic (exact) mass is 227 g/mol. The van der Waals surface area contributed by atoms with E-state index in [2.05, 4.69) is 0 Å². The van der Waals surface area contributed by atoms with Crippen molar-refractivity contribution >= 4 is 6.09 Å². The molecule has 0 aromatic carbocycles. The average Bonchev–Trinajstić information content (AvgIpc) is 2.87. The van der Waals surface area contributed by atoms with Gasteiger partial charge in [-0.1, -0.05) is 25.7 Å². The second kappa shape index (κ2) is 5.04. The molecule has 0 aromatic rings. The Morgan fingerprint density at radius 1 is 1.25 bits per heavy atom. The molecule has 1 unspecified atom stereocenters. The number of carboxylic acid groups (broad SMARTS) is 1. The highest BCUT2D eigenvalue weighted by atomic mass is 16.4. The number of hydrogen-bond donors (Lipinski definition) is 2. The molecule has 0 aromatic heterocycles. The smallest absolute Gasteiger partial charge is 0.407 e. The molecule has 1 amide bonds. The Balaban J connectivity index is 1.86. The molecule has 2 rings (SSSR count). The van der Waals surface area contributed by atoms with Crippen LogP contribution in [-0.4, -0.2) is 40.4 Å². The van der Waals surface area contributed by atoms with Crippen LogP contribution in [0.5, 0.6) is 0 Å². The average molecular weight is 227 g/mol. The molecule has 1 saturated heterocycles. The molecule has 92 valence electrons. The first kappa shape index (κ1) is 11.7. The van der Waals surface area contributed by atoms with Crippen molar-refractivity contribution in [2.75, 3.05) is 13.2 Å². The van der Waals surface area contributed by atoms with Gasteiger partial charge in [-0.2, -0.15) is 0 Å². The summed E-state index contributed by atoms with van der Waals surface area (Å²) in [7, 11) is 0. The fourth-order valence-corrected chi connectivity index (χ4v) is 3.31. The van der Waals surface area contributed by atoms with Crippen molar-refractivity contribution in [3.63, 3.8) is 0 Å². The van der Waals surface area contributed by atoms with E-state index < -0.39 is 6.09 Å². The van der Waals surface area contributed by atoms with Gasteiger partial charge in [-0.15, -0.1) is 0 Å². The summed E-state index contributed by atoms with van der Waals surface area (Å²) in [4.78, 5) is 12.4. The summed E-state index contributed by atoms with van der Waals surface area (Å²) in [6.07, 6.45) is 6.42. The largest absolute Gasteiger partial charge is 0.465 e. The zero-order chi connectivity index (χ0) is 11.5. The normalized spacial score (nSPS) is 31.2. The maximum absolute atomic E-state index is 11.0. The van der Waals surface area contributed by atoms with E-state index in [0.29, 0.717) is 12.5 Å².